The number of nitrogens with two attached hydrogens (primary N) is 1. The summed E-state index contributed by atoms with van der Waals surface area (Å²) >= 11 is 6.65. The van der Waals surface area contributed by atoms with Crippen LogP contribution in [0.1, 0.15) is 5.56 Å². The molecular formula is C25H15Br2N5O6. The van der Waals surface area contributed by atoms with Crippen LogP contribution in [0.2, 0.25) is 0 Å². The number of amides is 1. The van der Waals surface area contributed by atoms with Gasteiger partial charge >= 0.3 is 5.69 Å². The van der Waals surface area contributed by atoms with Crippen molar-refractivity contribution in [1.29, 1.82) is 0 Å². The molecule has 0 aliphatic carbocycles. The lowest BCUT2D eigenvalue weighted by Crippen LogP contribution is -2.20. The number of aromatic nitrogens is 2. The van der Waals surface area contributed by atoms with Gasteiger partial charge in [-0.3, -0.25) is 19.7 Å². The molecule has 0 aliphatic rings. The molecule has 0 saturated carbocycles. The van der Waals surface area contributed by atoms with Crippen molar-refractivity contribution >= 4 is 71.5 Å². The zero-order valence-electron chi connectivity index (χ0n) is 19.1. The van der Waals surface area contributed by atoms with Crippen LogP contribution in [0.3, 0.4) is 0 Å². The zero-order chi connectivity index (χ0) is 27.0. The molecule has 0 aliphatic heterocycles. The number of primary amides is 1. The number of furan rings is 1. The molecule has 0 spiro atoms. The topological polar surface area (TPSA) is 156 Å². The average molecular weight is 641 g/mol. The Labute approximate surface area is 229 Å². The van der Waals surface area contributed by atoms with Crippen LogP contribution < -0.4 is 16.0 Å². The molecule has 2 heterocycles. The molecule has 1 amide bonds. The fourth-order valence-electron chi connectivity index (χ4n) is 3.73. The van der Waals surface area contributed by atoms with Gasteiger partial charge in [0.1, 0.15) is 5.58 Å². The number of halogens is 2. The molecule has 190 valence electrons. The van der Waals surface area contributed by atoms with Gasteiger partial charge < -0.3 is 14.9 Å². The highest BCUT2D eigenvalue weighted by molar-refractivity contribution is 9.10. The number of nitro groups is 1. The Balaban J connectivity index is 1.65. The normalized spacial score (nSPS) is 11.4. The molecule has 3 aromatic carbocycles. The lowest BCUT2D eigenvalue weighted by atomic mass is 10.2. The van der Waals surface area contributed by atoms with E-state index in [1.165, 1.54) is 18.3 Å². The third kappa shape index (κ3) is 4.93. The number of hydrogen-bond acceptors (Lipinski definition) is 8. The van der Waals surface area contributed by atoms with Crippen molar-refractivity contribution in [3.63, 3.8) is 0 Å². The first-order chi connectivity index (χ1) is 18.2. The number of fused-ring (bicyclic) bond motifs is 2. The van der Waals surface area contributed by atoms with Crippen molar-refractivity contribution in [2.75, 3.05) is 6.61 Å². The molecule has 38 heavy (non-hydrogen) atoms. The monoisotopic (exact) mass is 639 g/mol. The maximum absolute atomic E-state index is 13.4. The highest BCUT2D eigenvalue weighted by Crippen LogP contribution is 2.36. The first kappa shape index (κ1) is 25.3. The van der Waals surface area contributed by atoms with E-state index in [-0.39, 0.29) is 21.6 Å². The summed E-state index contributed by atoms with van der Waals surface area (Å²) in [4.78, 5) is 40.1. The van der Waals surface area contributed by atoms with Gasteiger partial charge in [-0.25, -0.2) is 4.98 Å². The van der Waals surface area contributed by atoms with Gasteiger partial charge in [-0.05, 0) is 58.4 Å². The van der Waals surface area contributed by atoms with Gasteiger partial charge in [0.2, 0.25) is 11.6 Å². The van der Waals surface area contributed by atoms with E-state index < -0.39 is 28.7 Å². The van der Waals surface area contributed by atoms with Crippen LogP contribution in [0.25, 0.3) is 33.5 Å². The van der Waals surface area contributed by atoms with Crippen LogP contribution in [0, 0.1) is 10.1 Å². The Kier molecular flexibility index (Phi) is 6.78. The van der Waals surface area contributed by atoms with Crippen LogP contribution in [0.5, 0.6) is 5.75 Å². The molecule has 2 N–H and O–H groups in total. The van der Waals surface area contributed by atoms with E-state index >= 15 is 0 Å². The summed E-state index contributed by atoms with van der Waals surface area (Å²) in [6.45, 7) is -0.539. The quantitative estimate of drug-likeness (QED) is 0.149. The van der Waals surface area contributed by atoms with E-state index in [4.69, 9.17) is 14.9 Å². The maximum atomic E-state index is 13.4. The van der Waals surface area contributed by atoms with Crippen LogP contribution in [0.15, 0.2) is 83.9 Å². The van der Waals surface area contributed by atoms with E-state index in [1.54, 1.807) is 36.4 Å². The molecule has 2 aromatic heterocycles. The predicted octanol–water partition coefficient (Wildman–Crippen LogP) is 4.99. The number of rotatable bonds is 7. The van der Waals surface area contributed by atoms with Gasteiger partial charge in [0, 0.05) is 21.5 Å². The molecule has 0 saturated heterocycles. The lowest BCUT2D eigenvalue weighted by molar-refractivity contribution is -0.385. The summed E-state index contributed by atoms with van der Waals surface area (Å²) in [5.74, 6) is -0.497. The first-order valence-corrected chi connectivity index (χ1v) is 12.4. The third-order valence-electron chi connectivity index (χ3n) is 5.38. The molecule has 0 radical (unpaired) electrons. The van der Waals surface area contributed by atoms with Crippen LogP contribution in [-0.4, -0.2) is 33.3 Å². The lowest BCUT2D eigenvalue weighted by Gasteiger charge is -2.09. The number of benzene rings is 3. The molecule has 11 nitrogen and oxygen atoms in total. The largest absolute Gasteiger partial charge is 0.476 e. The van der Waals surface area contributed by atoms with Gasteiger partial charge in [0.05, 0.1) is 26.5 Å². The fraction of sp³-hybridized carbons (Fsp3) is 0.0400. The number of nitrogens with zero attached hydrogens (tertiary/aromatic N) is 4. The molecular weight excluding hydrogens is 626 g/mol. The molecule has 0 unspecified atom stereocenters. The maximum Gasteiger partial charge on any atom is 0.312 e. The Morgan fingerprint density at radius 2 is 1.97 bits per heavy atom. The number of carbonyl (C=O) groups is 1. The predicted molar refractivity (Wildman–Crippen MR) is 147 cm³/mol. The van der Waals surface area contributed by atoms with E-state index in [2.05, 4.69) is 41.9 Å². The Morgan fingerprint density at radius 1 is 1.18 bits per heavy atom. The minimum Gasteiger partial charge on any atom is -0.476 e. The van der Waals surface area contributed by atoms with Gasteiger partial charge in [-0.1, -0.05) is 28.1 Å². The smallest absolute Gasteiger partial charge is 0.312 e. The van der Waals surface area contributed by atoms with Crippen molar-refractivity contribution in [3.05, 3.63) is 95.6 Å². The second-order valence-corrected chi connectivity index (χ2v) is 9.74. The average Bonchev–Trinajstić information content (AvgIpc) is 3.30. The van der Waals surface area contributed by atoms with Crippen molar-refractivity contribution in [2.45, 2.75) is 0 Å². The SMILES string of the molecule is NC(=O)COc1c(Br)cc(C=Nn2c(-c3cc4cc(Br)ccc4o3)nc3ccccc3c2=O)cc1[N+](=O)[O-]. The van der Waals surface area contributed by atoms with Crippen LogP contribution in [0.4, 0.5) is 5.69 Å². The van der Waals surface area contributed by atoms with E-state index in [9.17, 15) is 19.7 Å². The van der Waals surface area contributed by atoms with Gasteiger partial charge in [0.15, 0.2) is 12.4 Å². The number of ether oxygens (including phenoxy) is 1. The zero-order valence-corrected chi connectivity index (χ0v) is 22.3. The number of hydrogen-bond donors (Lipinski definition) is 1. The summed E-state index contributed by atoms with van der Waals surface area (Å²) in [7, 11) is 0. The van der Waals surface area contributed by atoms with E-state index in [1.807, 2.05) is 12.1 Å². The van der Waals surface area contributed by atoms with Gasteiger partial charge in [0.25, 0.3) is 11.5 Å². The second-order valence-electron chi connectivity index (χ2n) is 7.97. The Hall–Kier alpha value is -4.36. The Morgan fingerprint density at radius 3 is 2.74 bits per heavy atom. The minimum atomic E-state index is -0.787. The third-order valence-corrected chi connectivity index (χ3v) is 6.46. The summed E-state index contributed by atoms with van der Waals surface area (Å²) in [5, 5.41) is 17.1. The summed E-state index contributed by atoms with van der Waals surface area (Å²) in [5.41, 5.74) is 5.52. The molecule has 13 heteroatoms. The molecule has 0 atom stereocenters. The van der Waals surface area contributed by atoms with Crippen molar-refractivity contribution in [3.8, 4) is 17.3 Å². The van der Waals surface area contributed by atoms with Gasteiger partial charge in [-0.2, -0.15) is 9.78 Å². The van der Waals surface area contributed by atoms with Crippen molar-refractivity contribution < 1.29 is 18.9 Å². The van der Waals surface area contributed by atoms with Crippen LogP contribution >= 0.6 is 31.9 Å². The number of para-hydroxylation sites is 1. The van der Waals surface area contributed by atoms with Crippen LogP contribution in [-0.2, 0) is 4.79 Å². The fourth-order valence-corrected chi connectivity index (χ4v) is 4.70. The summed E-state index contributed by atoms with van der Waals surface area (Å²) < 4.78 is 13.3. The first-order valence-electron chi connectivity index (χ1n) is 10.9. The van der Waals surface area contributed by atoms with Crippen molar-refractivity contribution in [1.82, 2.24) is 9.66 Å². The van der Waals surface area contributed by atoms with E-state index in [0.29, 0.717) is 22.2 Å². The molecule has 5 rings (SSSR count). The number of carbonyl (C=O) groups excluding carboxylic acids is 1. The van der Waals surface area contributed by atoms with Gasteiger partial charge in [-0.15, -0.1) is 0 Å². The standard InChI is InChI=1S/C25H15Br2N5O6/c26-15-5-6-20-14(9-15)10-21(38-20)24-30-18-4-2-1-3-16(18)25(34)31(24)29-11-13-7-17(27)23(37-12-22(28)33)19(8-13)32(35)36/h1-11H,12H2,(H2,28,33). The molecule has 0 bridgehead atoms. The van der Waals surface area contributed by atoms with E-state index in [0.717, 1.165) is 14.5 Å². The second kappa shape index (κ2) is 10.2. The highest BCUT2D eigenvalue weighted by Gasteiger charge is 2.21. The minimum absolute atomic E-state index is 0.146. The number of nitro benzene ring substituents is 1. The Bertz CT molecular complexity index is 1850. The highest BCUT2D eigenvalue weighted by atomic mass is 79.9. The summed E-state index contributed by atoms with van der Waals surface area (Å²) in [6.07, 6.45) is 1.27. The summed E-state index contributed by atoms with van der Waals surface area (Å²) in [6, 6.07) is 16.7. The van der Waals surface area contributed by atoms with Crippen molar-refractivity contribution in [2.24, 2.45) is 10.8 Å². The molecule has 5 aromatic rings. The molecule has 0 fully saturated rings.